The molecule has 8 nitrogen and oxygen atoms in total. The molecule has 2 rings (SSSR count). The Hall–Kier alpha value is -2.81. The first-order valence-electron chi connectivity index (χ1n) is 8.60. The Morgan fingerprint density at radius 3 is 1.03 bits per heavy atom. The minimum absolute atomic E-state index is 0.304. The van der Waals surface area contributed by atoms with E-state index in [0.29, 0.717) is 45.6 Å². The van der Waals surface area contributed by atoms with Gasteiger partial charge in [0.15, 0.2) is 9.84 Å². The lowest BCUT2D eigenvalue weighted by molar-refractivity contribution is 0.369. The summed E-state index contributed by atoms with van der Waals surface area (Å²) in [5.41, 5.74) is 0.810. The average Bonchev–Trinajstić information content (AvgIpc) is 2.73. The smallest absolute Gasteiger partial charge is 0.159 e. The highest BCUT2D eigenvalue weighted by Crippen LogP contribution is 2.38. The largest absolute Gasteiger partial charge is 0.496 e. The standard InChI is InChI=1S/C20H26O8S/c1-23-13-7-17(25-3)15(18(8-13)26-4)11-29(21,22)12-16-19(27-5)9-14(24-2)10-20(16)28-6/h7-10H,11-12H2,1-6H3. The summed E-state index contributed by atoms with van der Waals surface area (Å²) in [7, 11) is 5.19. The molecule has 0 fully saturated rings. The van der Waals surface area contributed by atoms with Crippen molar-refractivity contribution in [3.05, 3.63) is 35.4 Å². The second-order valence-electron chi connectivity index (χ2n) is 6.05. The first-order valence-corrected chi connectivity index (χ1v) is 10.4. The summed E-state index contributed by atoms with van der Waals surface area (Å²) in [6.45, 7) is 0. The van der Waals surface area contributed by atoms with E-state index in [1.54, 1.807) is 24.3 Å². The molecule has 2 aromatic carbocycles. The van der Waals surface area contributed by atoms with Crippen LogP contribution in [0.1, 0.15) is 11.1 Å². The average molecular weight is 426 g/mol. The van der Waals surface area contributed by atoms with E-state index in [4.69, 9.17) is 28.4 Å². The molecule has 0 radical (unpaired) electrons. The SMILES string of the molecule is COc1cc(OC)c(CS(=O)(=O)Cc2c(OC)cc(OC)cc2OC)c(OC)c1. The number of rotatable bonds is 10. The van der Waals surface area contributed by atoms with E-state index >= 15 is 0 Å². The van der Waals surface area contributed by atoms with E-state index in [-0.39, 0.29) is 11.5 Å². The molecule has 0 heterocycles. The van der Waals surface area contributed by atoms with Crippen LogP contribution < -0.4 is 28.4 Å². The molecule has 0 spiro atoms. The first-order chi connectivity index (χ1) is 13.8. The van der Waals surface area contributed by atoms with Crippen molar-refractivity contribution in [1.82, 2.24) is 0 Å². The molecule has 0 bridgehead atoms. The Bertz CT molecular complexity index is 831. The van der Waals surface area contributed by atoms with Crippen LogP contribution in [0.4, 0.5) is 0 Å². The van der Waals surface area contributed by atoms with E-state index in [2.05, 4.69) is 0 Å². The van der Waals surface area contributed by atoms with Crippen molar-refractivity contribution < 1.29 is 36.8 Å². The third kappa shape index (κ3) is 5.17. The third-order valence-electron chi connectivity index (χ3n) is 4.36. The lowest BCUT2D eigenvalue weighted by atomic mass is 10.2. The summed E-state index contributed by atoms with van der Waals surface area (Å²) in [5.74, 6) is 1.83. The van der Waals surface area contributed by atoms with Crippen molar-refractivity contribution in [2.24, 2.45) is 0 Å². The minimum Gasteiger partial charge on any atom is -0.496 e. The predicted octanol–water partition coefficient (Wildman–Crippen LogP) is 2.85. The summed E-state index contributed by atoms with van der Waals surface area (Å²) in [6, 6.07) is 6.45. The maximum atomic E-state index is 13.1. The van der Waals surface area contributed by atoms with Crippen molar-refractivity contribution in [2.75, 3.05) is 42.7 Å². The first kappa shape index (κ1) is 22.5. The molecule has 29 heavy (non-hydrogen) atoms. The second-order valence-corrected chi connectivity index (χ2v) is 8.12. The quantitative estimate of drug-likeness (QED) is 0.573. The minimum atomic E-state index is -3.66. The van der Waals surface area contributed by atoms with Crippen LogP contribution in [0, 0.1) is 0 Å². The number of ether oxygens (including phenoxy) is 6. The molecule has 0 aliphatic rings. The molecule has 0 aliphatic carbocycles. The van der Waals surface area contributed by atoms with Gasteiger partial charge in [-0.1, -0.05) is 0 Å². The molecule has 0 unspecified atom stereocenters. The molecule has 0 N–H and O–H groups in total. The summed E-state index contributed by atoms with van der Waals surface area (Å²) in [4.78, 5) is 0. The fourth-order valence-corrected chi connectivity index (χ4v) is 4.48. The van der Waals surface area contributed by atoms with Crippen LogP contribution in [-0.2, 0) is 21.3 Å². The highest BCUT2D eigenvalue weighted by Gasteiger charge is 2.25. The van der Waals surface area contributed by atoms with Crippen LogP contribution in [-0.4, -0.2) is 51.1 Å². The van der Waals surface area contributed by atoms with Gasteiger partial charge in [-0.25, -0.2) is 8.42 Å². The van der Waals surface area contributed by atoms with Gasteiger partial charge in [0.2, 0.25) is 0 Å². The predicted molar refractivity (Wildman–Crippen MR) is 109 cm³/mol. The molecular formula is C20H26O8S. The van der Waals surface area contributed by atoms with Gasteiger partial charge in [0.25, 0.3) is 0 Å². The number of sulfone groups is 1. The maximum Gasteiger partial charge on any atom is 0.159 e. The van der Waals surface area contributed by atoms with Crippen molar-refractivity contribution in [3.8, 4) is 34.5 Å². The molecule has 0 saturated carbocycles. The molecule has 0 amide bonds. The molecule has 9 heteroatoms. The van der Waals surface area contributed by atoms with Gasteiger partial charge < -0.3 is 28.4 Å². The van der Waals surface area contributed by atoms with Gasteiger partial charge in [-0.05, 0) is 0 Å². The zero-order chi connectivity index (χ0) is 21.6. The van der Waals surface area contributed by atoms with Crippen molar-refractivity contribution in [1.29, 1.82) is 0 Å². The van der Waals surface area contributed by atoms with E-state index in [0.717, 1.165) is 0 Å². The van der Waals surface area contributed by atoms with Crippen LogP contribution >= 0.6 is 0 Å². The lowest BCUT2D eigenvalue weighted by Gasteiger charge is -2.17. The van der Waals surface area contributed by atoms with Gasteiger partial charge in [0.1, 0.15) is 34.5 Å². The van der Waals surface area contributed by atoms with Gasteiger partial charge in [-0.15, -0.1) is 0 Å². The third-order valence-corrected chi connectivity index (χ3v) is 5.82. The second kappa shape index (κ2) is 9.60. The zero-order valence-corrected chi connectivity index (χ0v) is 18.2. The normalized spacial score (nSPS) is 11.0. The Morgan fingerprint density at radius 1 is 0.552 bits per heavy atom. The fourth-order valence-electron chi connectivity index (χ4n) is 2.93. The Balaban J connectivity index is 2.47. The van der Waals surface area contributed by atoms with Crippen LogP contribution in [0.3, 0.4) is 0 Å². The molecule has 2 aromatic rings. The summed E-state index contributed by atoms with van der Waals surface area (Å²) in [5, 5.41) is 0. The summed E-state index contributed by atoms with van der Waals surface area (Å²) >= 11 is 0. The number of hydrogen-bond donors (Lipinski definition) is 0. The molecule has 160 valence electrons. The maximum absolute atomic E-state index is 13.1. The van der Waals surface area contributed by atoms with Crippen molar-refractivity contribution in [2.45, 2.75) is 11.5 Å². The molecule has 0 aromatic heterocycles. The van der Waals surface area contributed by atoms with Gasteiger partial charge in [-0.2, -0.15) is 0 Å². The fraction of sp³-hybridized carbons (Fsp3) is 0.400. The molecular weight excluding hydrogens is 400 g/mol. The van der Waals surface area contributed by atoms with Gasteiger partial charge >= 0.3 is 0 Å². The van der Waals surface area contributed by atoms with Gasteiger partial charge in [0.05, 0.1) is 65.3 Å². The lowest BCUT2D eigenvalue weighted by Crippen LogP contribution is -2.12. The number of methoxy groups -OCH3 is 6. The Kier molecular flexibility index (Phi) is 7.44. The summed E-state index contributed by atoms with van der Waals surface area (Å²) in [6.07, 6.45) is 0. The topological polar surface area (TPSA) is 89.5 Å². The van der Waals surface area contributed by atoms with Crippen molar-refractivity contribution >= 4 is 9.84 Å². The van der Waals surface area contributed by atoms with Gasteiger partial charge in [-0.3, -0.25) is 0 Å². The highest BCUT2D eigenvalue weighted by molar-refractivity contribution is 7.89. The molecule has 0 saturated heterocycles. The van der Waals surface area contributed by atoms with E-state index in [9.17, 15) is 8.42 Å². The van der Waals surface area contributed by atoms with Crippen LogP contribution in [0.2, 0.25) is 0 Å². The van der Waals surface area contributed by atoms with E-state index in [1.165, 1.54) is 42.7 Å². The highest BCUT2D eigenvalue weighted by atomic mass is 32.2. The van der Waals surface area contributed by atoms with Crippen LogP contribution in [0.15, 0.2) is 24.3 Å². The Morgan fingerprint density at radius 2 is 0.828 bits per heavy atom. The molecule has 0 aliphatic heterocycles. The number of hydrogen-bond acceptors (Lipinski definition) is 8. The van der Waals surface area contributed by atoms with Crippen LogP contribution in [0.25, 0.3) is 0 Å². The van der Waals surface area contributed by atoms with Crippen molar-refractivity contribution in [3.63, 3.8) is 0 Å². The Labute approximate surface area is 171 Å². The van der Waals surface area contributed by atoms with Gasteiger partial charge in [0, 0.05) is 24.3 Å². The van der Waals surface area contributed by atoms with E-state index in [1.807, 2.05) is 0 Å². The zero-order valence-electron chi connectivity index (χ0n) is 17.4. The number of benzene rings is 2. The monoisotopic (exact) mass is 426 g/mol. The van der Waals surface area contributed by atoms with Crippen LogP contribution in [0.5, 0.6) is 34.5 Å². The van der Waals surface area contributed by atoms with E-state index < -0.39 is 9.84 Å². The summed E-state index contributed by atoms with van der Waals surface area (Å²) < 4.78 is 58.0. The molecule has 0 atom stereocenters.